The van der Waals surface area contributed by atoms with Crippen molar-refractivity contribution >= 4 is 7.82 Å². The van der Waals surface area contributed by atoms with Crippen molar-refractivity contribution in [2.24, 2.45) is 0 Å². The van der Waals surface area contributed by atoms with Gasteiger partial charge in [-0.3, -0.25) is 0 Å². The van der Waals surface area contributed by atoms with Gasteiger partial charge in [-0.25, -0.2) is 22.3 Å². The molecule has 0 aromatic rings. The predicted octanol–water partition coefficient (Wildman–Crippen LogP) is 1.19. The maximum atomic E-state index is 12.7. The highest BCUT2D eigenvalue weighted by molar-refractivity contribution is 7.46. The molecule has 0 amide bonds. The molecule has 1 atom stereocenters. The summed E-state index contributed by atoms with van der Waals surface area (Å²) >= 11 is 0. The van der Waals surface area contributed by atoms with Crippen molar-refractivity contribution in [3.8, 4) is 0 Å². The summed E-state index contributed by atoms with van der Waals surface area (Å²) in [5.41, 5.74) is 0. The Morgan fingerprint density at radius 3 is 1.83 bits per heavy atom. The minimum atomic E-state index is -5.19. The van der Waals surface area contributed by atoms with E-state index in [4.69, 9.17) is 9.79 Å². The minimum Gasteiger partial charge on any atom is -0.303 e. The first-order valence-corrected chi connectivity index (χ1v) is 4.52. The summed E-state index contributed by atoms with van der Waals surface area (Å²) < 4.78 is 50.6. The lowest BCUT2D eigenvalue weighted by Gasteiger charge is -2.41. The van der Waals surface area contributed by atoms with Gasteiger partial charge in [0.05, 0.1) is 0 Å². The number of alkyl halides is 3. The molecule has 0 saturated heterocycles. The third-order valence-corrected chi connectivity index (χ3v) is 2.10. The monoisotopic (exact) mass is 206 g/mol. The Balaban J connectivity index is 2.70. The second-order valence-corrected chi connectivity index (χ2v) is 3.68. The summed E-state index contributed by atoms with van der Waals surface area (Å²) in [6.07, 6.45) is -1.46. The van der Waals surface area contributed by atoms with Crippen LogP contribution < -0.4 is 0 Å². The van der Waals surface area contributed by atoms with E-state index in [1.54, 1.807) is 0 Å². The van der Waals surface area contributed by atoms with Crippen LogP contribution in [-0.4, -0.2) is 21.6 Å². The fourth-order valence-electron chi connectivity index (χ4n) is 0.811. The van der Waals surface area contributed by atoms with Crippen LogP contribution in [0.4, 0.5) is 13.2 Å². The van der Waals surface area contributed by atoms with Gasteiger partial charge < -0.3 is 9.79 Å². The normalized spacial score (nSPS) is 34.4. The number of rotatable bonds is 2. The third-order valence-electron chi connectivity index (χ3n) is 1.57. The van der Waals surface area contributed by atoms with Crippen LogP contribution in [0.2, 0.25) is 0 Å². The van der Waals surface area contributed by atoms with Gasteiger partial charge in [0, 0.05) is 12.8 Å². The number of hydrogen-bond acceptors (Lipinski definition) is 2. The van der Waals surface area contributed by atoms with Gasteiger partial charge in [0.2, 0.25) is 0 Å². The quantitative estimate of drug-likeness (QED) is 0.666. The number of phosphoric ester groups is 1. The van der Waals surface area contributed by atoms with Gasteiger partial charge in [-0.05, 0) is 0 Å². The van der Waals surface area contributed by atoms with Gasteiger partial charge >= 0.3 is 13.7 Å². The van der Waals surface area contributed by atoms with Crippen LogP contribution in [0.3, 0.4) is 0 Å². The van der Waals surface area contributed by atoms with Crippen molar-refractivity contribution < 1.29 is 32.0 Å². The van der Waals surface area contributed by atoms with Crippen LogP contribution in [0.1, 0.15) is 12.8 Å². The molecule has 0 aromatic carbocycles. The van der Waals surface area contributed by atoms with Crippen LogP contribution >= 0.6 is 7.82 Å². The Morgan fingerprint density at radius 1 is 1.25 bits per heavy atom. The summed E-state index contributed by atoms with van der Waals surface area (Å²) in [5, 5.41) is 0. The van der Waals surface area contributed by atoms with E-state index in [1.807, 2.05) is 0 Å². The zero-order valence-corrected chi connectivity index (χ0v) is 6.60. The topological polar surface area (TPSA) is 66.8 Å². The van der Waals surface area contributed by atoms with Gasteiger partial charge in [0.25, 0.3) is 5.85 Å². The van der Waals surface area contributed by atoms with E-state index in [2.05, 4.69) is 4.52 Å². The summed E-state index contributed by atoms with van der Waals surface area (Å²) in [4.78, 5) is 16.1. The van der Waals surface area contributed by atoms with Crippen LogP contribution in [0, 0.1) is 0 Å². The molecule has 1 aliphatic rings. The largest absolute Gasteiger partial charge is 0.472 e. The van der Waals surface area contributed by atoms with Gasteiger partial charge in [0.1, 0.15) is 0 Å². The molecular formula is C4H6F3O4P. The van der Waals surface area contributed by atoms with E-state index in [0.717, 1.165) is 0 Å². The lowest BCUT2D eigenvalue weighted by Crippen LogP contribution is -2.55. The zero-order chi connectivity index (χ0) is 9.62. The summed E-state index contributed by atoms with van der Waals surface area (Å²) in [6, 6.07) is 0. The molecule has 1 rings (SSSR count). The van der Waals surface area contributed by atoms with Crippen LogP contribution in [0.15, 0.2) is 0 Å². The Kier molecular flexibility index (Phi) is 2.03. The molecule has 4 nitrogen and oxygen atoms in total. The van der Waals surface area contributed by atoms with Crippen molar-refractivity contribution in [1.29, 1.82) is 0 Å². The molecule has 2 N–H and O–H groups in total. The van der Waals surface area contributed by atoms with Gasteiger partial charge in [-0.1, -0.05) is 0 Å². The number of phosphoric acid groups is 1. The van der Waals surface area contributed by atoms with Gasteiger partial charge in [-0.15, -0.1) is 0 Å². The lowest BCUT2D eigenvalue weighted by atomic mass is 9.88. The number of hydrogen-bond donors (Lipinski definition) is 2. The minimum absolute atomic E-state index is 0.703. The Morgan fingerprint density at radius 2 is 1.75 bits per heavy atom. The average molecular weight is 206 g/mol. The third kappa shape index (κ3) is 1.64. The second kappa shape index (κ2) is 2.45. The smallest absolute Gasteiger partial charge is 0.303 e. The highest BCUT2D eigenvalue weighted by atomic mass is 31.2. The van der Waals surface area contributed by atoms with Gasteiger partial charge in [-0.2, -0.15) is 0 Å². The molecular weight excluding hydrogens is 200 g/mol. The molecule has 1 saturated carbocycles. The first-order valence-electron chi connectivity index (χ1n) is 2.99. The van der Waals surface area contributed by atoms with E-state index >= 15 is 0 Å². The fraction of sp³-hybridized carbons (Fsp3) is 1.00. The summed E-state index contributed by atoms with van der Waals surface area (Å²) in [5.74, 6) is -7.29. The van der Waals surface area contributed by atoms with E-state index in [-0.39, 0.29) is 0 Å². The van der Waals surface area contributed by atoms with Crippen LogP contribution in [0.5, 0.6) is 0 Å². The molecule has 72 valence electrons. The number of halogens is 3. The van der Waals surface area contributed by atoms with E-state index < -0.39 is 32.4 Å². The van der Waals surface area contributed by atoms with E-state index in [0.29, 0.717) is 0 Å². The predicted molar refractivity (Wildman–Crippen MR) is 31.1 cm³/mol. The first-order chi connectivity index (χ1) is 5.16. The molecule has 0 spiro atoms. The molecule has 8 heteroatoms. The second-order valence-electron chi connectivity index (χ2n) is 2.51. The maximum Gasteiger partial charge on any atom is 0.472 e. The van der Waals surface area contributed by atoms with Crippen LogP contribution in [-0.2, 0) is 9.09 Å². The van der Waals surface area contributed by atoms with E-state index in [1.165, 1.54) is 0 Å². The average Bonchev–Trinajstić information content (AvgIpc) is 1.82. The molecule has 1 aliphatic carbocycles. The van der Waals surface area contributed by atoms with Crippen molar-refractivity contribution in [2.75, 3.05) is 0 Å². The molecule has 1 fully saturated rings. The van der Waals surface area contributed by atoms with Crippen LogP contribution in [0.25, 0.3) is 0 Å². The molecule has 0 aliphatic heterocycles. The first kappa shape index (κ1) is 9.98. The Hall–Kier alpha value is -0.100. The summed E-state index contributed by atoms with van der Waals surface area (Å²) in [6.45, 7) is 0. The highest BCUT2D eigenvalue weighted by Crippen LogP contribution is 2.57. The standard InChI is InChI=1S/C4H6F3O4P/c5-3(6)1-2-4(3,7)11-12(8,9)10/h1-2H2,(H2,8,9,10). The molecule has 0 bridgehead atoms. The lowest BCUT2D eigenvalue weighted by molar-refractivity contribution is -0.304. The van der Waals surface area contributed by atoms with Crippen molar-refractivity contribution in [3.05, 3.63) is 0 Å². The van der Waals surface area contributed by atoms with Crippen molar-refractivity contribution in [1.82, 2.24) is 0 Å². The molecule has 0 heterocycles. The zero-order valence-electron chi connectivity index (χ0n) is 5.71. The molecule has 12 heavy (non-hydrogen) atoms. The van der Waals surface area contributed by atoms with Gasteiger partial charge in [0.15, 0.2) is 0 Å². The fourth-order valence-corrected chi connectivity index (χ4v) is 1.41. The summed E-state index contributed by atoms with van der Waals surface area (Å²) in [7, 11) is -5.19. The molecule has 1 unspecified atom stereocenters. The Bertz CT molecular complexity index is 238. The molecule has 0 aromatic heterocycles. The maximum absolute atomic E-state index is 12.7. The SMILES string of the molecule is O=P(O)(O)OC1(F)CCC1(F)F. The van der Waals surface area contributed by atoms with Crippen molar-refractivity contribution in [2.45, 2.75) is 24.6 Å². The van der Waals surface area contributed by atoms with E-state index in [9.17, 15) is 17.7 Å². The molecule has 0 radical (unpaired) electrons. The Labute approximate surface area is 65.6 Å². The van der Waals surface area contributed by atoms with Crippen molar-refractivity contribution in [3.63, 3.8) is 0 Å². The highest BCUT2D eigenvalue weighted by Gasteiger charge is 2.67.